The number of imidazole rings is 1. The van der Waals surface area contributed by atoms with E-state index in [1.54, 1.807) is 12.5 Å². The third-order valence-corrected chi connectivity index (χ3v) is 3.01. The largest absolute Gasteiger partial charge is 0.394 e. The maximum atomic E-state index is 9.11. The van der Waals surface area contributed by atoms with Crippen LogP contribution in [0.5, 0.6) is 0 Å². The Morgan fingerprint density at radius 2 is 2.12 bits per heavy atom. The number of nitrogens with two attached hydrogens (primary N) is 1. The van der Waals surface area contributed by atoms with Gasteiger partial charge in [0.2, 0.25) is 0 Å². The highest BCUT2D eigenvalue weighted by molar-refractivity contribution is 5.41. The van der Waals surface area contributed by atoms with Gasteiger partial charge in [-0.25, -0.2) is 4.98 Å². The molecule has 1 atom stereocenters. The zero-order valence-corrected chi connectivity index (χ0v) is 10.1. The summed E-state index contributed by atoms with van der Waals surface area (Å²) in [5.41, 5.74) is 10.1. The van der Waals surface area contributed by atoms with Gasteiger partial charge in [-0.1, -0.05) is 6.07 Å². The van der Waals surface area contributed by atoms with E-state index in [1.807, 2.05) is 10.6 Å². The fourth-order valence-corrected chi connectivity index (χ4v) is 1.76. The molecule has 0 radical (unpaired) electrons. The second-order valence-electron chi connectivity index (χ2n) is 4.25. The SMILES string of the molecule is Cc1ccc(-n2cncc2C(N)CO)cc1C. The van der Waals surface area contributed by atoms with Gasteiger partial charge in [0.05, 0.1) is 30.9 Å². The average molecular weight is 231 g/mol. The van der Waals surface area contributed by atoms with Gasteiger partial charge in [0.25, 0.3) is 0 Å². The zero-order chi connectivity index (χ0) is 12.4. The van der Waals surface area contributed by atoms with Crippen molar-refractivity contribution in [3.8, 4) is 5.69 Å². The van der Waals surface area contributed by atoms with E-state index in [4.69, 9.17) is 10.8 Å². The Bertz CT molecular complexity index is 519. The van der Waals surface area contributed by atoms with Crippen LogP contribution in [0.3, 0.4) is 0 Å². The molecule has 0 saturated carbocycles. The molecule has 0 aliphatic carbocycles. The predicted molar refractivity (Wildman–Crippen MR) is 67.1 cm³/mol. The number of aliphatic hydroxyl groups is 1. The predicted octanol–water partition coefficient (Wildman–Crippen LogP) is 1.48. The van der Waals surface area contributed by atoms with Gasteiger partial charge in [0.15, 0.2) is 0 Å². The Morgan fingerprint density at radius 1 is 1.35 bits per heavy atom. The summed E-state index contributed by atoms with van der Waals surface area (Å²) in [6.07, 6.45) is 3.41. The van der Waals surface area contributed by atoms with Crippen molar-refractivity contribution in [3.63, 3.8) is 0 Å². The van der Waals surface area contributed by atoms with E-state index >= 15 is 0 Å². The summed E-state index contributed by atoms with van der Waals surface area (Å²) in [6.45, 7) is 4.06. The van der Waals surface area contributed by atoms with Crippen molar-refractivity contribution in [2.24, 2.45) is 5.73 Å². The summed E-state index contributed by atoms with van der Waals surface area (Å²) in [4.78, 5) is 4.09. The van der Waals surface area contributed by atoms with Crippen LogP contribution in [0.4, 0.5) is 0 Å². The molecule has 17 heavy (non-hydrogen) atoms. The van der Waals surface area contributed by atoms with Crippen LogP contribution < -0.4 is 5.73 Å². The van der Waals surface area contributed by atoms with E-state index in [9.17, 15) is 0 Å². The Labute approximate surface area is 101 Å². The van der Waals surface area contributed by atoms with Crippen LogP contribution in [0.15, 0.2) is 30.7 Å². The highest BCUT2D eigenvalue weighted by Crippen LogP contribution is 2.18. The summed E-state index contributed by atoms with van der Waals surface area (Å²) < 4.78 is 1.91. The number of hydrogen-bond acceptors (Lipinski definition) is 3. The van der Waals surface area contributed by atoms with Gasteiger partial charge >= 0.3 is 0 Å². The van der Waals surface area contributed by atoms with Crippen LogP contribution in [0.25, 0.3) is 5.69 Å². The maximum Gasteiger partial charge on any atom is 0.0994 e. The van der Waals surface area contributed by atoms with Gasteiger partial charge in [-0.2, -0.15) is 0 Å². The minimum absolute atomic E-state index is 0.0868. The van der Waals surface area contributed by atoms with Crippen molar-refractivity contribution in [1.29, 1.82) is 0 Å². The minimum Gasteiger partial charge on any atom is -0.394 e. The molecule has 0 spiro atoms. The molecule has 0 saturated heterocycles. The first-order chi connectivity index (χ1) is 8.13. The third-order valence-electron chi connectivity index (χ3n) is 3.01. The molecule has 1 unspecified atom stereocenters. The molecule has 3 N–H and O–H groups in total. The van der Waals surface area contributed by atoms with Crippen molar-refractivity contribution in [2.75, 3.05) is 6.61 Å². The fourth-order valence-electron chi connectivity index (χ4n) is 1.76. The average Bonchev–Trinajstić information content (AvgIpc) is 2.80. The van der Waals surface area contributed by atoms with Crippen LogP contribution in [0, 0.1) is 13.8 Å². The molecule has 1 aromatic heterocycles. The van der Waals surface area contributed by atoms with Gasteiger partial charge in [0, 0.05) is 5.69 Å². The lowest BCUT2D eigenvalue weighted by Gasteiger charge is -2.13. The Morgan fingerprint density at radius 3 is 2.76 bits per heavy atom. The van der Waals surface area contributed by atoms with Gasteiger partial charge in [-0.15, -0.1) is 0 Å². The molecule has 1 aromatic carbocycles. The van der Waals surface area contributed by atoms with E-state index in [0.717, 1.165) is 11.4 Å². The van der Waals surface area contributed by atoms with Crippen LogP contribution in [-0.4, -0.2) is 21.3 Å². The Kier molecular flexibility index (Phi) is 3.26. The number of nitrogens with zero attached hydrogens (tertiary/aromatic N) is 2. The lowest BCUT2D eigenvalue weighted by molar-refractivity contribution is 0.265. The molecule has 2 aromatic rings. The molecule has 4 nitrogen and oxygen atoms in total. The number of benzene rings is 1. The molecule has 0 aliphatic rings. The highest BCUT2D eigenvalue weighted by Gasteiger charge is 2.11. The first kappa shape index (κ1) is 11.8. The molecule has 0 aliphatic heterocycles. The molecular formula is C13H17N3O. The smallest absolute Gasteiger partial charge is 0.0994 e. The maximum absolute atomic E-state index is 9.11. The third kappa shape index (κ3) is 2.23. The first-order valence-electron chi connectivity index (χ1n) is 5.60. The quantitative estimate of drug-likeness (QED) is 0.841. The zero-order valence-electron chi connectivity index (χ0n) is 10.1. The summed E-state index contributed by atoms with van der Waals surface area (Å²) in [6, 6.07) is 5.78. The van der Waals surface area contributed by atoms with Crippen molar-refractivity contribution in [2.45, 2.75) is 19.9 Å². The standard InChI is InChI=1S/C13H17N3O/c1-9-3-4-11(5-10(9)2)16-8-15-6-13(16)12(14)7-17/h3-6,8,12,17H,7,14H2,1-2H3. The number of hydrogen-bond donors (Lipinski definition) is 2. The fraction of sp³-hybridized carbons (Fsp3) is 0.308. The number of rotatable bonds is 3. The Balaban J connectivity index is 2.46. The van der Waals surface area contributed by atoms with Crippen LogP contribution >= 0.6 is 0 Å². The van der Waals surface area contributed by atoms with Crippen molar-refractivity contribution in [3.05, 3.63) is 47.5 Å². The lowest BCUT2D eigenvalue weighted by Crippen LogP contribution is -2.18. The summed E-state index contributed by atoms with van der Waals surface area (Å²) in [5.74, 6) is 0. The molecular weight excluding hydrogens is 214 g/mol. The van der Waals surface area contributed by atoms with Crippen molar-refractivity contribution >= 4 is 0 Å². The normalized spacial score (nSPS) is 12.7. The van der Waals surface area contributed by atoms with Gasteiger partial charge < -0.3 is 15.4 Å². The summed E-state index contributed by atoms with van der Waals surface area (Å²) in [5, 5.41) is 9.11. The lowest BCUT2D eigenvalue weighted by atomic mass is 10.1. The molecule has 0 fully saturated rings. The topological polar surface area (TPSA) is 64.1 Å². The van der Waals surface area contributed by atoms with Crippen LogP contribution in [-0.2, 0) is 0 Å². The van der Waals surface area contributed by atoms with Crippen molar-refractivity contribution < 1.29 is 5.11 Å². The van der Waals surface area contributed by atoms with E-state index < -0.39 is 6.04 Å². The number of aliphatic hydroxyl groups excluding tert-OH is 1. The van der Waals surface area contributed by atoms with Gasteiger partial charge in [-0.3, -0.25) is 0 Å². The van der Waals surface area contributed by atoms with Crippen LogP contribution in [0.2, 0.25) is 0 Å². The van der Waals surface area contributed by atoms with E-state index in [-0.39, 0.29) is 6.61 Å². The van der Waals surface area contributed by atoms with Crippen molar-refractivity contribution in [1.82, 2.24) is 9.55 Å². The second-order valence-corrected chi connectivity index (χ2v) is 4.25. The number of aromatic nitrogens is 2. The molecule has 0 amide bonds. The summed E-state index contributed by atoms with van der Waals surface area (Å²) >= 11 is 0. The second kappa shape index (κ2) is 4.69. The molecule has 2 rings (SSSR count). The molecule has 0 bridgehead atoms. The molecule has 4 heteroatoms. The molecule has 1 heterocycles. The van der Waals surface area contributed by atoms with Gasteiger partial charge in [0.1, 0.15) is 0 Å². The minimum atomic E-state index is -0.404. The van der Waals surface area contributed by atoms with Crippen LogP contribution in [0.1, 0.15) is 22.9 Å². The Hall–Kier alpha value is -1.65. The summed E-state index contributed by atoms with van der Waals surface area (Å²) in [7, 11) is 0. The molecule has 90 valence electrons. The van der Waals surface area contributed by atoms with E-state index in [1.165, 1.54) is 11.1 Å². The monoisotopic (exact) mass is 231 g/mol. The van der Waals surface area contributed by atoms with Gasteiger partial charge in [-0.05, 0) is 37.1 Å². The van der Waals surface area contributed by atoms with E-state index in [2.05, 4.69) is 31.0 Å². The highest BCUT2D eigenvalue weighted by atomic mass is 16.3. The number of aryl methyl sites for hydroxylation is 2. The van der Waals surface area contributed by atoms with E-state index in [0.29, 0.717) is 0 Å². The first-order valence-corrected chi connectivity index (χ1v) is 5.60.